The Balaban J connectivity index is 1.64. The van der Waals surface area contributed by atoms with E-state index in [4.69, 9.17) is 16.3 Å². The largest absolute Gasteiger partial charge is 0.487 e. The first kappa shape index (κ1) is 20.8. The molecule has 0 saturated carbocycles. The fourth-order valence-corrected chi connectivity index (χ4v) is 3.62. The van der Waals surface area contributed by atoms with Gasteiger partial charge < -0.3 is 19.8 Å². The molecule has 3 N–H and O–H groups in total. The molecule has 0 fully saturated rings. The van der Waals surface area contributed by atoms with Gasteiger partial charge in [0.1, 0.15) is 12.4 Å². The number of nitrogens with zero attached hydrogens (tertiary/aromatic N) is 1. The minimum Gasteiger partial charge on any atom is -0.487 e. The van der Waals surface area contributed by atoms with Crippen molar-refractivity contribution in [2.45, 2.75) is 13.2 Å². The molecule has 1 aromatic heterocycles. The van der Waals surface area contributed by atoms with Gasteiger partial charge >= 0.3 is 0 Å². The topological polar surface area (TPSA) is 75.5 Å². The van der Waals surface area contributed by atoms with Crippen molar-refractivity contribution in [1.82, 2.24) is 4.57 Å². The van der Waals surface area contributed by atoms with Crippen LogP contribution in [0, 0.1) is 0 Å². The smallest absolute Gasteiger partial charge is 0.252 e. The van der Waals surface area contributed by atoms with Crippen molar-refractivity contribution in [3.63, 3.8) is 0 Å². The molecule has 1 heterocycles. The zero-order valence-corrected chi connectivity index (χ0v) is 17.7. The number of nitrogens with one attached hydrogen (secondary N) is 2. The summed E-state index contributed by atoms with van der Waals surface area (Å²) < 4.78 is 7.56. The van der Waals surface area contributed by atoms with Crippen molar-refractivity contribution in [2.75, 3.05) is 10.9 Å². The molecule has 4 aromatic rings. The maximum absolute atomic E-state index is 12.6. The first-order valence-corrected chi connectivity index (χ1v) is 10.2. The molecule has 0 radical (unpaired) electrons. The number of hydrogen-bond donors (Lipinski definition) is 3. The standard InChI is InChI=1S/C24H22ClN3O3/c1-28-22(15-31-23-12-6-8-16-7-2-3-9-17(16)23)18(14-29)21(13-24(28)30)27-26-20-11-5-4-10-19(20)25/h2-13,26-27,29H,14-15H2,1H3. The Labute approximate surface area is 184 Å². The van der Waals surface area contributed by atoms with Crippen molar-refractivity contribution in [2.24, 2.45) is 7.05 Å². The number of hydrogen-bond acceptors (Lipinski definition) is 5. The summed E-state index contributed by atoms with van der Waals surface area (Å²) in [6.45, 7) is -0.147. The van der Waals surface area contributed by atoms with E-state index in [0.717, 1.165) is 10.8 Å². The van der Waals surface area contributed by atoms with Gasteiger partial charge in [-0.1, -0.05) is 60.1 Å². The molecule has 0 bridgehead atoms. The van der Waals surface area contributed by atoms with Gasteiger partial charge in [-0.05, 0) is 23.6 Å². The molecular formula is C24H22ClN3O3. The summed E-state index contributed by atoms with van der Waals surface area (Å²) in [5, 5.41) is 12.6. The van der Waals surface area contributed by atoms with Gasteiger partial charge in [-0.15, -0.1) is 0 Å². The number of anilines is 2. The highest BCUT2D eigenvalue weighted by molar-refractivity contribution is 6.33. The van der Waals surface area contributed by atoms with Gasteiger partial charge in [-0.2, -0.15) is 0 Å². The van der Waals surface area contributed by atoms with Crippen LogP contribution in [0.2, 0.25) is 5.02 Å². The van der Waals surface area contributed by atoms with E-state index < -0.39 is 0 Å². The molecule has 0 aliphatic carbocycles. The van der Waals surface area contributed by atoms with Crippen LogP contribution in [0.4, 0.5) is 11.4 Å². The lowest BCUT2D eigenvalue weighted by atomic mass is 10.1. The minimum atomic E-state index is -0.269. The number of para-hydroxylation sites is 1. The van der Waals surface area contributed by atoms with Crippen molar-refractivity contribution in [1.29, 1.82) is 0 Å². The molecule has 7 heteroatoms. The molecule has 3 aromatic carbocycles. The number of aliphatic hydroxyl groups is 1. The first-order valence-electron chi connectivity index (χ1n) is 9.78. The number of fused-ring (bicyclic) bond motifs is 1. The Morgan fingerprint density at radius 1 is 0.968 bits per heavy atom. The lowest BCUT2D eigenvalue weighted by Gasteiger charge is -2.19. The summed E-state index contributed by atoms with van der Waals surface area (Å²) in [6, 6.07) is 22.4. The highest BCUT2D eigenvalue weighted by atomic mass is 35.5. The zero-order valence-electron chi connectivity index (χ0n) is 16.9. The number of rotatable bonds is 7. The summed E-state index contributed by atoms with van der Waals surface area (Å²) in [5.74, 6) is 0.710. The van der Waals surface area contributed by atoms with Crippen LogP contribution in [0.5, 0.6) is 5.75 Å². The average molecular weight is 436 g/mol. The van der Waals surface area contributed by atoms with Gasteiger partial charge in [0.25, 0.3) is 5.56 Å². The van der Waals surface area contributed by atoms with E-state index in [9.17, 15) is 9.90 Å². The molecule has 31 heavy (non-hydrogen) atoms. The highest BCUT2D eigenvalue weighted by Gasteiger charge is 2.15. The summed E-state index contributed by atoms with van der Waals surface area (Å²) in [5.41, 5.74) is 8.01. The Kier molecular flexibility index (Phi) is 6.11. The third-order valence-corrected chi connectivity index (χ3v) is 5.48. The molecule has 0 saturated heterocycles. The number of hydrazine groups is 1. The van der Waals surface area contributed by atoms with Crippen LogP contribution in [-0.4, -0.2) is 9.67 Å². The van der Waals surface area contributed by atoms with Crippen LogP contribution in [0.25, 0.3) is 10.8 Å². The number of benzene rings is 3. The lowest BCUT2D eigenvalue weighted by Crippen LogP contribution is -2.25. The highest BCUT2D eigenvalue weighted by Crippen LogP contribution is 2.27. The molecule has 0 spiro atoms. The van der Waals surface area contributed by atoms with Crippen LogP contribution in [0.1, 0.15) is 11.3 Å². The second-order valence-corrected chi connectivity index (χ2v) is 7.44. The maximum Gasteiger partial charge on any atom is 0.252 e. The molecular weight excluding hydrogens is 414 g/mol. The summed E-state index contributed by atoms with van der Waals surface area (Å²) >= 11 is 6.18. The SMILES string of the molecule is Cn1c(COc2cccc3ccccc23)c(CO)c(NNc2ccccc2Cl)cc1=O. The van der Waals surface area contributed by atoms with E-state index in [1.807, 2.05) is 54.6 Å². The van der Waals surface area contributed by atoms with E-state index in [1.54, 1.807) is 19.2 Å². The van der Waals surface area contributed by atoms with Gasteiger partial charge in [0, 0.05) is 24.1 Å². The van der Waals surface area contributed by atoms with Crippen LogP contribution in [0.15, 0.2) is 77.6 Å². The molecule has 0 atom stereocenters. The second-order valence-electron chi connectivity index (χ2n) is 7.03. The number of aliphatic hydroxyl groups excluding tert-OH is 1. The van der Waals surface area contributed by atoms with Crippen molar-refractivity contribution in [3.05, 3.63) is 99.4 Å². The van der Waals surface area contributed by atoms with E-state index in [-0.39, 0.29) is 18.8 Å². The Bertz CT molecular complexity index is 1280. The number of halogens is 1. The van der Waals surface area contributed by atoms with E-state index in [2.05, 4.69) is 10.9 Å². The monoisotopic (exact) mass is 435 g/mol. The molecule has 4 rings (SSSR count). The summed E-state index contributed by atoms with van der Waals surface area (Å²) in [4.78, 5) is 12.6. The van der Waals surface area contributed by atoms with Crippen LogP contribution in [-0.2, 0) is 20.3 Å². The summed E-state index contributed by atoms with van der Waals surface area (Å²) in [7, 11) is 1.66. The van der Waals surface area contributed by atoms with E-state index in [0.29, 0.717) is 33.4 Å². The predicted molar refractivity (Wildman–Crippen MR) is 125 cm³/mol. The Morgan fingerprint density at radius 2 is 1.68 bits per heavy atom. The molecule has 6 nitrogen and oxygen atoms in total. The normalized spacial score (nSPS) is 10.8. The van der Waals surface area contributed by atoms with Crippen LogP contribution < -0.4 is 21.1 Å². The molecule has 0 amide bonds. The van der Waals surface area contributed by atoms with Gasteiger partial charge in [0.2, 0.25) is 0 Å². The Morgan fingerprint density at radius 3 is 2.48 bits per heavy atom. The summed E-state index contributed by atoms with van der Waals surface area (Å²) in [6.07, 6.45) is 0. The van der Waals surface area contributed by atoms with Gasteiger partial charge in [0.15, 0.2) is 0 Å². The number of aromatic nitrogens is 1. The van der Waals surface area contributed by atoms with Crippen LogP contribution in [0.3, 0.4) is 0 Å². The maximum atomic E-state index is 12.6. The van der Waals surface area contributed by atoms with E-state index >= 15 is 0 Å². The zero-order chi connectivity index (χ0) is 21.8. The number of pyridine rings is 1. The van der Waals surface area contributed by atoms with Gasteiger partial charge in [0.05, 0.1) is 28.7 Å². The average Bonchev–Trinajstić information content (AvgIpc) is 2.79. The first-order chi connectivity index (χ1) is 15.1. The van der Waals surface area contributed by atoms with Gasteiger partial charge in [-0.25, -0.2) is 0 Å². The molecule has 158 valence electrons. The second kappa shape index (κ2) is 9.12. The predicted octanol–water partition coefficient (Wildman–Crippen LogP) is 4.70. The van der Waals surface area contributed by atoms with Gasteiger partial charge in [-0.3, -0.25) is 10.2 Å². The van der Waals surface area contributed by atoms with Crippen molar-refractivity contribution < 1.29 is 9.84 Å². The fourth-order valence-electron chi connectivity index (χ4n) is 3.44. The Hall–Kier alpha value is -3.48. The third-order valence-electron chi connectivity index (χ3n) is 5.15. The number of ether oxygens (including phenoxy) is 1. The third kappa shape index (κ3) is 4.35. The lowest BCUT2D eigenvalue weighted by molar-refractivity contribution is 0.264. The van der Waals surface area contributed by atoms with E-state index in [1.165, 1.54) is 10.6 Å². The quantitative estimate of drug-likeness (QED) is 0.367. The fraction of sp³-hybridized carbons (Fsp3) is 0.125. The molecule has 0 aliphatic rings. The molecule has 0 aliphatic heterocycles. The van der Waals surface area contributed by atoms with Crippen LogP contribution >= 0.6 is 11.6 Å². The molecule has 0 unspecified atom stereocenters. The van der Waals surface area contributed by atoms with Crippen molar-refractivity contribution >= 4 is 33.7 Å². The van der Waals surface area contributed by atoms with Crippen molar-refractivity contribution in [3.8, 4) is 5.75 Å². The minimum absolute atomic E-state index is 0.122.